The third kappa shape index (κ3) is 2.85. The fourth-order valence-corrected chi connectivity index (χ4v) is 4.74. The van der Waals surface area contributed by atoms with Crippen LogP contribution in [-0.2, 0) is 0 Å². The van der Waals surface area contributed by atoms with Crippen molar-refractivity contribution in [3.05, 3.63) is 0 Å². The van der Waals surface area contributed by atoms with Gasteiger partial charge in [0.2, 0.25) is 0 Å². The zero-order valence-electron chi connectivity index (χ0n) is 12.2. The first kappa shape index (κ1) is 12.6. The average Bonchev–Trinajstić information content (AvgIpc) is 3.37. The maximum Gasteiger partial charge on any atom is 0.0126 e. The Bertz CT molecular complexity index is 290. The van der Waals surface area contributed by atoms with Crippen molar-refractivity contribution in [2.75, 3.05) is 6.54 Å². The lowest BCUT2D eigenvalue weighted by Crippen LogP contribution is -2.51. The molecule has 3 saturated carbocycles. The molecule has 19 heavy (non-hydrogen) atoms. The summed E-state index contributed by atoms with van der Waals surface area (Å²) in [5.41, 5.74) is 0. The Morgan fingerprint density at radius 2 is 1.53 bits per heavy atom. The van der Waals surface area contributed by atoms with Crippen molar-refractivity contribution in [2.45, 2.75) is 82.3 Å². The minimum atomic E-state index is 0.829. The Morgan fingerprint density at radius 3 is 2.16 bits per heavy atom. The van der Waals surface area contributed by atoms with Gasteiger partial charge in [0.15, 0.2) is 0 Å². The molecule has 0 spiro atoms. The van der Waals surface area contributed by atoms with Gasteiger partial charge >= 0.3 is 0 Å². The monoisotopic (exact) mass is 262 g/mol. The molecule has 2 N–H and O–H groups in total. The molecule has 4 rings (SSSR count). The van der Waals surface area contributed by atoms with E-state index in [9.17, 15) is 0 Å². The molecule has 3 unspecified atom stereocenters. The molecule has 2 nitrogen and oxygen atoms in total. The third-order valence-corrected chi connectivity index (χ3v) is 6.10. The van der Waals surface area contributed by atoms with Crippen LogP contribution in [0, 0.1) is 17.8 Å². The van der Waals surface area contributed by atoms with Gasteiger partial charge in [0.1, 0.15) is 0 Å². The normalized spacial score (nSPS) is 39.9. The zero-order chi connectivity index (χ0) is 12.7. The van der Waals surface area contributed by atoms with E-state index in [1.165, 1.54) is 70.8 Å². The Balaban J connectivity index is 1.41. The molecule has 0 aromatic heterocycles. The van der Waals surface area contributed by atoms with Gasteiger partial charge in [0.05, 0.1) is 0 Å². The first-order valence-corrected chi connectivity index (χ1v) is 8.91. The predicted octanol–water partition coefficient (Wildman–Crippen LogP) is 3.08. The Kier molecular flexibility index (Phi) is 3.57. The van der Waals surface area contributed by atoms with E-state index in [2.05, 4.69) is 10.6 Å². The van der Waals surface area contributed by atoms with E-state index in [0.717, 1.165) is 35.9 Å². The van der Waals surface area contributed by atoms with Crippen LogP contribution in [0.2, 0.25) is 0 Å². The number of hydrogen-bond acceptors (Lipinski definition) is 2. The van der Waals surface area contributed by atoms with Crippen molar-refractivity contribution in [1.29, 1.82) is 0 Å². The molecular formula is C17H30N2. The van der Waals surface area contributed by atoms with Crippen LogP contribution in [0.15, 0.2) is 0 Å². The minimum Gasteiger partial charge on any atom is -0.314 e. The standard InChI is InChI=1S/C17H30N2/c1-2-5-16(14(4-1)15-6-3-11-18-15)19-17(12-7-8-12)13-9-10-13/h12-19H,1-11H2. The minimum absolute atomic E-state index is 0.829. The second kappa shape index (κ2) is 5.37. The van der Waals surface area contributed by atoms with Gasteiger partial charge in [-0.25, -0.2) is 0 Å². The van der Waals surface area contributed by atoms with Crippen molar-refractivity contribution in [2.24, 2.45) is 17.8 Å². The highest BCUT2D eigenvalue weighted by atomic mass is 15.0. The maximum absolute atomic E-state index is 4.17. The van der Waals surface area contributed by atoms with Crippen LogP contribution < -0.4 is 10.6 Å². The first-order valence-electron chi connectivity index (χ1n) is 8.91. The summed E-state index contributed by atoms with van der Waals surface area (Å²) >= 11 is 0. The van der Waals surface area contributed by atoms with E-state index in [0.29, 0.717) is 0 Å². The first-order chi connectivity index (χ1) is 9.42. The molecule has 3 aliphatic carbocycles. The summed E-state index contributed by atoms with van der Waals surface area (Å²) in [4.78, 5) is 0. The van der Waals surface area contributed by atoms with Gasteiger partial charge in [-0.15, -0.1) is 0 Å². The fourth-order valence-electron chi connectivity index (χ4n) is 4.74. The second-order valence-corrected chi connectivity index (χ2v) is 7.62. The number of nitrogens with one attached hydrogen (secondary N) is 2. The summed E-state index contributed by atoms with van der Waals surface area (Å²) in [7, 11) is 0. The summed E-state index contributed by atoms with van der Waals surface area (Å²) in [5, 5.41) is 7.95. The smallest absolute Gasteiger partial charge is 0.0126 e. The summed E-state index contributed by atoms with van der Waals surface area (Å²) in [5.74, 6) is 3.02. The summed E-state index contributed by atoms with van der Waals surface area (Å²) in [6.07, 6.45) is 14.7. The van der Waals surface area contributed by atoms with Crippen LogP contribution in [0.5, 0.6) is 0 Å². The predicted molar refractivity (Wildman–Crippen MR) is 79.1 cm³/mol. The van der Waals surface area contributed by atoms with Crippen LogP contribution in [-0.4, -0.2) is 24.7 Å². The van der Waals surface area contributed by atoms with Gasteiger partial charge in [0, 0.05) is 18.1 Å². The molecule has 2 heteroatoms. The van der Waals surface area contributed by atoms with E-state index >= 15 is 0 Å². The summed E-state index contributed by atoms with van der Waals surface area (Å²) in [6.45, 7) is 1.27. The molecule has 4 aliphatic rings. The molecule has 4 fully saturated rings. The molecule has 0 aromatic carbocycles. The van der Waals surface area contributed by atoms with Crippen molar-refractivity contribution < 1.29 is 0 Å². The average molecular weight is 262 g/mol. The van der Waals surface area contributed by atoms with E-state index in [-0.39, 0.29) is 0 Å². The third-order valence-electron chi connectivity index (χ3n) is 6.10. The highest BCUT2D eigenvalue weighted by molar-refractivity contribution is 5.00. The van der Waals surface area contributed by atoms with Gasteiger partial charge in [-0.3, -0.25) is 0 Å². The molecule has 1 heterocycles. The quantitative estimate of drug-likeness (QED) is 0.795. The van der Waals surface area contributed by atoms with Crippen LogP contribution >= 0.6 is 0 Å². The van der Waals surface area contributed by atoms with Crippen LogP contribution in [0.1, 0.15) is 64.2 Å². The van der Waals surface area contributed by atoms with Crippen LogP contribution in [0.25, 0.3) is 0 Å². The topological polar surface area (TPSA) is 24.1 Å². The van der Waals surface area contributed by atoms with Gasteiger partial charge < -0.3 is 10.6 Å². The van der Waals surface area contributed by atoms with Gasteiger partial charge in [-0.1, -0.05) is 12.8 Å². The summed E-state index contributed by atoms with van der Waals surface area (Å²) < 4.78 is 0. The molecule has 1 aliphatic heterocycles. The van der Waals surface area contributed by atoms with Crippen molar-refractivity contribution in [3.8, 4) is 0 Å². The van der Waals surface area contributed by atoms with Crippen molar-refractivity contribution in [3.63, 3.8) is 0 Å². The van der Waals surface area contributed by atoms with Gasteiger partial charge in [-0.2, -0.15) is 0 Å². The molecule has 0 aromatic rings. The van der Waals surface area contributed by atoms with E-state index in [1.807, 2.05) is 0 Å². The van der Waals surface area contributed by atoms with Crippen LogP contribution in [0.3, 0.4) is 0 Å². The van der Waals surface area contributed by atoms with E-state index in [4.69, 9.17) is 0 Å². The summed E-state index contributed by atoms with van der Waals surface area (Å²) in [6, 6.07) is 2.56. The fraction of sp³-hybridized carbons (Fsp3) is 1.00. The molecular weight excluding hydrogens is 232 g/mol. The highest BCUT2D eigenvalue weighted by Crippen LogP contribution is 2.45. The van der Waals surface area contributed by atoms with Crippen molar-refractivity contribution >= 4 is 0 Å². The molecule has 108 valence electrons. The van der Waals surface area contributed by atoms with Crippen LogP contribution in [0.4, 0.5) is 0 Å². The number of rotatable bonds is 5. The molecule has 1 saturated heterocycles. The second-order valence-electron chi connectivity index (χ2n) is 7.62. The lowest BCUT2D eigenvalue weighted by atomic mass is 9.78. The molecule has 0 bridgehead atoms. The largest absolute Gasteiger partial charge is 0.314 e. The van der Waals surface area contributed by atoms with Crippen molar-refractivity contribution in [1.82, 2.24) is 10.6 Å². The molecule has 0 amide bonds. The highest BCUT2D eigenvalue weighted by Gasteiger charge is 2.44. The number of hydrogen-bond donors (Lipinski definition) is 2. The van der Waals surface area contributed by atoms with E-state index < -0.39 is 0 Å². The Labute approximate surface area is 118 Å². The van der Waals surface area contributed by atoms with Gasteiger partial charge in [-0.05, 0) is 75.7 Å². The van der Waals surface area contributed by atoms with E-state index in [1.54, 1.807) is 0 Å². The maximum atomic E-state index is 4.17. The SMILES string of the molecule is C1CNC(C2CCCCC2NC(C2CC2)C2CC2)C1. The Morgan fingerprint density at radius 1 is 0.789 bits per heavy atom. The van der Waals surface area contributed by atoms with Gasteiger partial charge in [0.25, 0.3) is 0 Å². The zero-order valence-corrected chi connectivity index (χ0v) is 12.2. The lowest BCUT2D eigenvalue weighted by molar-refractivity contribution is 0.189. The Hall–Kier alpha value is -0.0800. The lowest BCUT2D eigenvalue weighted by Gasteiger charge is -2.39. The molecule has 3 atom stereocenters. The molecule has 0 radical (unpaired) electrons.